The van der Waals surface area contributed by atoms with E-state index in [-0.39, 0.29) is 24.2 Å². The Morgan fingerprint density at radius 1 is 1.46 bits per heavy atom. The second kappa shape index (κ2) is 5.80. The smallest absolute Gasteiger partial charge is 0.211 e. The fourth-order valence-corrected chi connectivity index (χ4v) is 2.48. The maximum Gasteiger partial charge on any atom is 0.211 e. The predicted octanol–water partition coefficient (Wildman–Crippen LogP) is 0.0995. The Balaban J connectivity index is 0.00000144. The van der Waals surface area contributed by atoms with Crippen LogP contribution in [0.25, 0.3) is 0 Å². The van der Waals surface area contributed by atoms with Crippen LogP contribution >= 0.6 is 12.4 Å². The van der Waals surface area contributed by atoms with E-state index in [0.717, 1.165) is 25.9 Å². The first kappa shape index (κ1) is 13.2. The first-order valence-corrected chi connectivity index (χ1v) is 6.00. The highest BCUT2D eigenvalue weighted by Gasteiger charge is 2.21. The summed E-state index contributed by atoms with van der Waals surface area (Å²) in [6.07, 6.45) is 1.67. The Morgan fingerprint density at radius 2 is 2.08 bits per heavy atom. The standard InChI is InChI=1S/C7H16N2O2S.ClH/c1-2-3-4-12(10,11)9-7-5-8-6-7;/h7-9H,2-6H2,1H3;1H. The summed E-state index contributed by atoms with van der Waals surface area (Å²) in [4.78, 5) is 0. The first-order valence-electron chi connectivity index (χ1n) is 4.35. The second-order valence-corrected chi connectivity index (χ2v) is 5.02. The lowest BCUT2D eigenvalue weighted by molar-refractivity contribution is 0.410. The number of unbranched alkanes of at least 4 members (excludes halogenated alkanes) is 1. The number of rotatable bonds is 5. The zero-order valence-electron chi connectivity index (χ0n) is 7.75. The molecule has 1 aliphatic heterocycles. The molecule has 0 aliphatic carbocycles. The van der Waals surface area contributed by atoms with Gasteiger partial charge >= 0.3 is 0 Å². The minimum atomic E-state index is -2.99. The lowest BCUT2D eigenvalue weighted by atomic mass is 10.2. The lowest BCUT2D eigenvalue weighted by Crippen LogP contribution is -2.57. The molecule has 0 aromatic carbocycles. The van der Waals surface area contributed by atoms with Gasteiger partial charge in [0.1, 0.15) is 0 Å². The second-order valence-electron chi connectivity index (χ2n) is 3.15. The van der Waals surface area contributed by atoms with E-state index in [2.05, 4.69) is 10.0 Å². The average Bonchev–Trinajstić information content (AvgIpc) is 1.94. The van der Waals surface area contributed by atoms with E-state index in [4.69, 9.17) is 0 Å². The highest BCUT2D eigenvalue weighted by atomic mass is 35.5. The molecule has 0 amide bonds. The van der Waals surface area contributed by atoms with Gasteiger partial charge in [0.15, 0.2) is 0 Å². The van der Waals surface area contributed by atoms with Crippen LogP contribution in [-0.2, 0) is 10.0 Å². The highest BCUT2D eigenvalue weighted by molar-refractivity contribution is 7.89. The van der Waals surface area contributed by atoms with Gasteiger partial charge in [0, 0.05) is 19.1 Å². The molecule has 4 nitrogen and oxygen atoms in total. The molecule has 6 heteroatoms. The molecule has 0 unspecified atom stereocenters. The molecule has 1 aliphatic rings. The molecule has 2 N–H and O–H groups in total. The molecule has 0 saturated carbocycles. The molecule has 0 spiro atoms. The van der Waals surface area contributed by atoms with Crippen LogP contribution < -0.4 is 10.0 Å². The molecule has 1 rings (SSSR count). The van der Waals surface area contributed by atoms with Crippen molar-refractivity contribution in [3.05, 3.63) is 0 Å². The van der Waals surface area contributed by atoms with Gasteiger partial charge in [-0.1, -0.05) is 13.3 Å². The summed E-state index contributed by atoms with van der Waals surface area (Å²) in [6.45, 7) is 3.52. The van der Waals surface area contributed by atoms with Gasteiger partial charge in [-0.3, -0.25) is 0 Å². The van der Waals surface area contributed by atoms with Gasteiger partial charge in [-0.2, -0.15) is 0 Å². The normalized spacial score (nSPS) is 17.6. The third kappa shape index (κ3) is 4.81. The summed E-state index contributed by atoms with van der Waals surface area (Å²) in [5.41, 5.74) is 0. The van der Waals surface area contributed by atoms with E-state index < -0.39 is 10.0 Å². The van der Waals surface area contributed by atoms with Crippen LogP contribution in [0.5, 0.6) is 0 Å². The Bertz CT molecular complexity index is 227. The zero-order valence-corrected chi connectivity index (χ0v) is 9.38. The number of hydrogen-bond acceptors (Lipinski definition) is 3. The predicted molar refractivity (Wildman–Crippen MR) is 55.7 cm³/mol. The Morgan fingerprint density at radius 3 is 2.46 bits per heavy atom. The fourth-order valence-electron chi connectivity index (χ4n) is 1.02. The molecule has 1 heterocycles. The van der Waals surface area contributed by atoms with Crippen molar-refractivity contribution in [2.24, 2.45) is 0 Å². The van der Waals surface area contributed by atoms with Crippen LogP contribution in [-0.4, -0.2) is 33.3 Å². The van der Waals surface area contributed by atoms with Crippen LogP contribution in [0.4, 0.5) is 0 Å². The molecular weight excluding hydrogens is 212 g/mol. The summed E-state index contributed by atoms with van der Waals surface area (Å²) in [7, 11) is -2.99. The van der Waals surface area contributed by atoms with Crippen LogP contribution in [0, 0.1) is 0 Å². The summed E-state index contributed by atoms with van der Waals surface area (Å²) in [5.74, 6) is 0.264. The molecule has 80 valence electrons. The largest absolute Gasteiger partial charge is 0.313 e. The van der Waals surface area contributed by atoms with Crippen molar-refractivity contribution < 1.29 is 8.42 Å². The van der Waals surface area contributed by atoms with Crippen LogP contribution in [0.2, 0.25) is 0 Å². The van der Waals surface area contributed by atoms with E-state index in [1.54, 1.807) is 0 Å². The topological polar surface area (TPSA) is 58.2 Å². The van der Waals surface area contributed by atoms with Gasteiger partial charge in [0.2, 0.25) is 10.0 Å². The summed E-state index contributed by atoms with van der Waals surface area (Å²) >= 11 is 0. The fraction of sp³-hybridized carbons (Fsp3) is 1.00. The molecule has 0 bridgehead atoms. The molecule has 13 heavy (non-hydrogen) atoms. The van der Waals surface area contributed by atoms with Gasteiger partial charge in [0.25, 0.3) is 0 Å². The van der Waals surface area contributed by atoms with Crippen molar-refractivity contribution in [3.8, 4) is 0 Å². The number of nitrogens with one attached hydrogen (secondary N) is 2. The zero-order chi connectivity index (χ0) is 9.03. The monoisotopic (exact) mass is 228 g/mol. The molecule has 0 aromatic heterocycles. The van der Waals surface area contributed by atoms with E-state index in [0.29, 0.717) is 0 Å². The number of hydrogen-bond donors (Lipinski definition) is 2. The van der Waals surface area contributed by atoms with Crippen molar-refractivity contribution in [2.45, 2.75) is 25.8 Å². The minimum Gasteiger partial charge on any atom is -0.313 e. The van der Waals surface area contributed by atoms with E-state index >= 15 is 0 Å². The van der Waals surface area contributed by atoms with Gasteiger partial charge in [-0.05, 0) is 6.42 Å². The maximum absolute atomic E-state index is 11.3. The summed E-state index contributed by atoms with van der Waals surface area (Å²) in [6, 6.07) is 0.131. The minimum absolute atomic E-state index is 0. The molecule has 0 radical (unpaired) electrons. The van der Waals surface area contributed by atoms with Crippen molar-refractivity contribution in [1.82, 2.24) is 10.0 Å². The van der Waals surface area contributed by atoms with Crippen LogP contribution in [0.15, 0.2) is 0 Å². The third-order valence-electron chi connectivity index (χ3n) is 1.89. The molecule has 0 atom stereocenters. The molecular formula is C7H17ClN2O2S. The lowest BCUT2D eigenvalue weighted by Gasteiger charge is -2.27. The number of halogens is 1. The average molecular weight is 229 g/mol. The summed E-state index contributed by atoms with van der Waals surface area (Å²) < 4.78 is 25.1. The van der Waals surface area contributed by atoms with Crippen molar-refractivity contribution >= 4 is 22.4 Å². The van der Waals surface area contributed by atoms with Crippen LogP contribution in [0.1, 0.15) is 19.8 Å². The van der Waals surface area contributed by atoms with Gasteiger partial charge in [-0.25, -0.2) is 13.1 Å². The Kier molecular flexibility index (Phi) is 5.87. The quantitative estimate of drug-likeness (QED) is 0.702. The summed E-state index contributed by atoms with van der Waals surface area (Å²) in [5, 5.41) is 3.01. The molecule has 1 fully saturated rings. The number of sulfonamides is 1. The van der Waals surface area contributed by atoms with Crippen molar-refractivity contribution in [3.63, 3.8) is 0 Å². The molecule has 0 aromatic rings. The van der Waals surface area contributed by atoms with E-state index in [9.17, 15) is 8.42 Å². The van der Waals surface area contributed by atoms with Gasteiger partial charge in [0.05, 0.1) is 5.75 Å². The molecule has 1 saturated heterocycles. The van der Waals surface area contributed by atoms with Gasteiger partial charge in [-0.15, -0.1) is 12.4 Å². The maximum atomic E-state index is 11.3. The van der Waals surface area contributed by atoms with Crippen LogP contribution in [0.3, 0.4) is 0 Å². The van der Waals surface area contributed by atoms with E-state index in [1.807, 2.05) is 6.92 Å². The third-order valence-corrected chi connectivity index (χ3v) is 3.41. The Labute approximate surface area is 85.9 Å². The van der Waals surface area contributed by atoms with Crippen molar-refractivity contribution in [2.75, 3.05) is 18.8 Å². The SMILES string of the molecule is CCCCS(=O)(=O)NC1CNC1.Cl. The van der Waals surface area contributed by atoms with Gasteiger partial charge < -0.3 is 5.32 Å². The first-order chi connectivity index (χ1) is 5.64. The highest BCUT2D eigenvalue weighted by Crippen LogP contribution is 1.98. The van der Waals surface area contributed by atoms with Crippen molar-refractivity contribution in [1.29, 1.82) is 0 Å². The van der Waals surface area contributed by atoms with E-state index in [1.165, 1.54) is 0 Å². The Hall–Kier alpha value is 0.160.